The summed E-state index contributed by atoms with van der Waals surface area (Å²) in [6, 6.07) is 15.4. The van der Waals surface area contributed by atoms with Crippen LogP contribution in [0.2, 0.25) is 10.0 Å². The van der Waals surface area contributed by atoms with Crippen molar-refractivity contribution in [3.05, 3.63) is 106 Å². The maximum atomic E-state index is 12.9. The average molecular weight is 670 g/mol. The summed E-state index contributed by atoms with van der Waals surface area (Å²) in [6.45, 7) is -1.39. The van der Waals surface area contributed by atoms with E-state index in [0.717, 1.165) is 34.5 Å². The van der Waals surface area contributed by atoms with Crippen LogP contribution in [0.1, 0.15) is 28.8 Å². The number of benzene rings is 3. The number of carbonyl (C=O) groups excluding carboxylic acids is 1. The van der Waals surface area contributed by atoms with E-state index in [0.29, 0.717) is 15.7 Å². The molecule has 0 aliphatic rings. The molecule has 1 atom stereocenters. The van der Waals surface area contributed by atoms with E-state index in [-0.39, 0.29) is 37.7 Å². The summed E-state index contributed by atoms with van der Waals surface area (Å²) < 4.78 is 41.4. The van der Waals surface area contributed by atoms with Gasteiger partial charge in [0.2, 0.25) is 0 Å². The van der Waals surface area contributed by atoms with Crippen LogP contribution in [0.3, 0.4) is 0 Å². The smallest absolute Gasteiger partial charge is 0.387 e. The summed E-state index contributed by atoms with van der Waals surface area (Å²) in [5, 5.41) is 20.9. The molecule has 236 valence electrons. The van der Waals surface area contributed by atoms with Crippen LogP contribution in [0.5, 0.6) is 11.5 Å². The van der Waals surface area contributed by atoms with E-state index < -0.39 is 24.4 Å². The Hall–Kier alpha value is -5.20. The molecule has 10 nitrogen and oxygen atoms in total. The number of carboxylic acid groups (broad SMARTS) is 1. The van der Waals surface area contributed by atoms with E-state index in [9.17, 15) is 23.6 Å². The summed E-state index contributed by atoms with van der Waals surface area (Å²) in [7, 11) is 1.63. The lowest BCUT2D eigenvalue weighted by molar-refractivity contribution is -0.138. The molecule has 0 spiro atoms. The molecular formula is C32H23Cl2F2N3O7. The second-order valence-corrected chi connectivity index (χ2v) is 10.6. The topological polar surface area (TPSA) is 136 Å². The molecule has 0 radical (unpaired) electrons. The number of hydrogen-bond acceptors (Lipinski definition) is 7. The lowest BCUT2D eigenvalue weighted by atomic mass is 9.98. The third-order valence-corrected chi connectivity index (χ3v) is 7.48. The zero-order chi connectivity index (χ0) is 33.1. The Kier molecular flexibility index (Phi) is 9.40. The molecular weight excluding hydrogens is 647 g/mol. The number of halogens is 4. The van der Waals surface area contributed by atoms with Gasteiger partial charge in [-0.3, -0.25) is 14.6 Å². The molecule has 0 saturated heterocycles. The summed E-state index contributed by atoms with van der Waals surface area (Å²) in [6.07, 6.45) is 5.09. The van der Waals surface area contributed by atoms with Gasteiger partial charge in [-0.1, -0.05) is 47.5 Å². The zero-order valence-electron chi connectivity index (χ0n) is 23.9. The minimum Gasteiger partial charge on any atom is -0.497 e. The number of aliphatic carboxylic acids is 1. The number of hydrogen-bond donors (Lipinski definition) is 2. The minimum absolute atomic E-state index is 0.0428. The third kappa shape index (κ3) is 6.72. The molecule has 46 heavy (non-hydrogen) atoms. The van der Waals surface area contributed by atoms with E-state index in [1.54, 1.807) is 14.0 Å². The Labute approximate surface area is 268 Å². The first-order valence-electron chi connectivity index (χ1n) is 13.4. The molecule has 3 aromatic heterocycles. The van der Waals surface area contributed by atoms with Crippen LogP contribution in [0.4, 0.5) is 8.78 Å². The molecule has 0 saturated carbocycles. The molecule has 0 aliphatic carbocycles. The Morgan fingerprint density at radius 3 is 2.39 bits per heavy atom. The van der Waals surface area contributed by atoms with Crippen molar-refractivity contribution in [2.45, 2.75) is 19.5 Å². The van der Waals surface area contributed by atoms with Gasteiger partial charge in [0.25, 0.3) is 5.91 Å². The monoisotopic (exact) mass is 669 g/mol. The highest BCUT2D eigenvalue weighted by atomic mass is 35.5. The maximum absolute atomic E-state index is 12.9. The minimum atomic E-state index is -3.08. The van der Waals surface area contributed by atoms with Crippen LogP contribution in [0.15, 0.2) is 88.8 Å². The molecule has 3 aromatic carbocycles. The summed E-state index contributed by atoms with van der Waals surface area (Å²) in [4.78, 5) is 31.7. The lowest BCUT2D eigenvalue weighted by Crippen LogP contribution is -2.12. The van der Waals surface area contributed by atoms with Crippen molar-refractivity contribution in [1.82, 2.24) is 9.71 Å². The van der Waals surface area contributed by atoms with Gasteiger partial charge in [-0.2, -0.15) is 13.5 Å². The Morgan fingerprint density at radius 1 is 1.02 bits per heavy atom. The predicted molar refractivity (Wildman–Crippen MR) is 166 cm³/mol. The van der Waals surface area contributed by atoms with E-state index in [4.69, 9.17) is 37.5 Å². The van der Waals surface area contributed by atoms with Crippen molar-refractivity contribution < 1.29 is 42.6 Å². The fraction of sp³-hybridized carbons (Fsp3) is 0.125. The molecule has 6 aromatic rings. The van der Waals surface area contributed by atoms with Crippen LogP contribution >= 0.6 is 23.2 Å². The van der Waals surface area contributed by atoms with Crippen molar-refractivity contribution >= 4 is 67.8 Å². The number of fused-ring (bicyclic) bond motifs is 4. The van der Waals surface area contributed by atoms with Gasteiger partial charge in [0.05, 0.1) is 41.0 Å². The zero-order valence-corrected chi connectivity index (χ0v) is 25.5. The highest BCUT2D eigenvalue weighted by Gasteiger charge is 2.22. The van der Waals surface area contributed by atoms with E-state index in [1.165, 1.54) is 30.6 Å². The molecule has 1 amide bonds. The van der Waals surface area contributed by atoms with Crippen molar-refractivity contribution in [3.63, 3.8) is 0 Å². The van der Waals surface area contributed by atoms with Crippen molar-refractivity contribution in [1.29, 1.82) is 0 Å². The highest BCUT2D eigenvalue weighted by Crippen LogP contribution is 2.37. The van der Waals surface area contributed by atoms with Gasteiger partial charge in [0.1, 0.15) is 16.7 Å². The van der Waals surface area contributed by atoms with E-state index in [2.05, 4.69) is 14.7 Å². The van der Waals surface area contributed by atoms with Crippen LogP contribution in [0.25, 0.3) is 32.7 Å². The Balaban J connectivity index is 0.000000209. The van der Waals surface area contributed by atoms with Crippen molar-refractivity contribution in [2.75, 3.05) is 7.11 Å². The molecule has 3 heterocycles. The van der Waals surface area contributed by atoms with Gasteiger partial charge in [0, 0.05) is 23.2 Å². The van der Waals surface area contributed by atoms with Crippen molar-refractivity contribution in [2.24, 2.45) is 4.99 Å². The number of amides is 1. The number of carboxylic acids is 1. The van der Waals surface area contributed by atoms with Gasteiger partial charge >= 0.3 is 12.6 Å². The third-order valence-electron chi connectivity index (χ3n) is 6.93. The number of nitrogens with zero attached hydrogens (tertiary/aromatic N) is 3. The van der Waals surface area contributed by atoms with Gasteiger partial charge in [0.15, 0.2) is 11.3 Å². The maximum Gasteiger partial charge on any atom is 0.387 e. The second-order valence-electron chi connectivity index (χ2n) is 9.80. The first kappa shape index (κ1) is 32.2. The standard InChI is InChI=1S/C18H9Cl2F2N3O4.C14H14O3/c19-10-6-25(27)7-11(20)15(10)24-17(26)8-1-2-13(29-18(21)22)16-14(8)9-5-23-4-3-12(9)28-16;1-9(14(15)16)10-3-4-12-8-13(17-2)6-5-11(12)7-10/h1-7,18,27H;3-9H,1-2H3,(H,15,16)/t;9-/m.0/s1. The van der Waals surface area contributed by atoms with Gasteiger partial charge in [-0.15, -0.1) is 0 Å². The lowest BCUT2D eigenvalue weighted by Gasteiger charge is -2.08. The summed E-state index contributed by atoms with van der Waals surface area (Å²) in [5.74, 6) is -1.49. The quantitative estimate of drug-likeness (QED) is 0.172. The molecule has 0 aliphatic heterocycles. The normalized spacial score (nSPS) is 11.7. The number of ether oxygens (including phenoxy) is 2. The first-order chi connectivity index (χ1) is 22.0. The number of methoxy groups -OCH3 is 1. The molecule has 0 unspecified atom stereocenters. The largest absolute Gasteiger partial charge is 0.497 e. The predicted octanol–water partition coefficient (Wildman–Crippen LogP) is 7.71. The van der Waals surface area contributed by atoms with Crippen LogP contribution < -0.4 is 14.8 Å². The number of rotatable bonds is 6. The molecule has 0 fully saturated rings. The second kappa shape index (κ2) is 13.4. The van der Waals surface area contributed by atoms with Crippen LogP contribution in [-0.4, -0.2) is 45.6 Å². The average Bonchev–Trinajstić information content (AvgIpc) is 3.42. The highest BCUT2D eigenvalue weighted by molar-refractivity contribution is 6.34. The fourth-order valence-electron chi connectivity index (χ4n) is 4.62. The van der Waals surface area contributed by atoms with E-state index in [1.807, 2.05) is 36.4 Å². The number of pyridine rings is 2. The first-order valence-corrected chi connectivity index (χ1v) is 14.1. The van der Waals surface area contributed by atoms with Crippen molar-refractivity contribution in [3.8, 4) is 11.5 Å². The van der Waals surface area contributed by atoms with Gasteiger partial charge in [-0.05, 0) is 53.6 Å². The molecule has 14 heteroatoms. The Morgan fingerprint density at radius 2 is 1.72 bits per heavy atom. The number of alkyl halides is 2. The Bertz CT molecular complexity index is 2160. The van der Waals surface area contributed by atoms with Crippen LogP contribution in [-0.2, 0) is 4.79 Å². The molecule has 0 bridgehead atoms. The number of furan rings is 1. The van der Waals surface area contributed by atoms with Gasteiger partial charge in [-0.25, -0.2) is 4.99 Å². The van der Waals surface area contributed by atoms with E-state index >= 15 is 0 Å². The molecule has 2 N–H and O–H groups in total. The molecule has 6 rings (SSSR count). The summed E-state index contributed by atoms with van der Waals surface area (Å²) >= 11 is 12.0. The SMILES string of the molecule is COc1ccc2cc([C@H](C)C(=O)O)ccc2c1.O=C(N=c1c(Cl)cn(O)cc1Cl)c1ccc(OC(F)F)c2oc3ccncc3c12. The number of carbonyl (C=O) groups is 2. The fourth-order valence-corrected chi connectivity index (χ4v) is 5.16. The summed E-state index contributed by atoms with van der Waals surface area (Å²) in [5.41, 5.74) is 1.13. The number of aromatic nitrogens is 2. The van der Waals surface area contributed by atoms with Crippen LogP contribution in [0, 0.1) is 0 Å². The van der Waals surface area contributed by atoms with Gasteiger partial charge < -0.3 is 24.2 Å².